The third-order valence-electron chi connectivity index (χ3n) is 3.34. The third kappa shape index (κ3) is 4.44. The van der Waals surface area contributed by atoms with Gasteiger partial charge in [0.05, 0.1) is 0 Å². The fraction of sp³-hybridized carbons (Fsp3) is 0. The van der Waals surface area contributed by atoms with Crippen LogP contribution in [0.5, 0.6) is 0 Å². The Morgan fingerprint density at radius 3 is 1.91 bits per heavy atom. The molecule has 1 nitrogen and oxygen atoms in total. The molecule has 2 heteroatoms. The van der Waals surface area contributed by atoms with Crippen molar-refractivity contribution in [3.05, 3.63) is 102 Å². The number of carbonyl (C=O) groups excluding carboxylic acids is 1. The topological polar surface area (TPSA) is 17.1 Å². The van der Waals surface area contributed by atoms with Crippen molar-refractivity contribution in [2.75, 3.05) is 0 Å². The van der Waals surface area contributed by atoms with E-state index < -0.39 is 0 Å². The lowest BCUT2D eigenvalue weighted by atomic mass is 10.1. The molecule has 0 fully saturated rings. The van der Waals surface area contributed by atoms with Gasteiger partial charge in [0.2, 0.25) is 0 Å². The normalized spacial score (nSPS) is 10.8. The zero-order chi connectivity index (χ0) is 15.9. The molecule has 0 amide bonds. The summed E-state index contributed by atoms with van der Waals surface area (Å²) in [6, 6.07) is 27.8. The predicted molar refractivity (Wildman–Crippen MR) is 96.8 cm³/mol. The van der Waals surface area contributed by atoms with Gasteiger partial charge in [-0.2, -0.15) is 0 Å². The summed E-state index contributed by atoms with van der Waals surface area (Å²) in [5.74, 6) is 0.0216. The van der Waals surface area contributed by atoms with Crippen molar-refractivity contribution in [2.24, 2.45) is 0 Å². The van der Waals surface area contributed by atoms with Gasteiger partial charge in [-0.15, -0.1) is 0 Å². The van der Waals surface area contributed by atoms with Crippen molar-refractivity contribution in [1.29, 1.82) is 0 Å². The van der Waals surface area contributed by atoms with Gasteiger partial charge in [0.15, 0.2) is 5.78 Å². The van der Waals surface area contributed by atoms with Gasteiger partial charge in [-0.3, -0.25) is 4.79 Å². The van der Waals surface area contributed by atoms with Crippen molar-refractivity contribution in [1.82, 2.24) is 0 Å². The molecule has 23 heavy (non-hydrogen) atoms. The van der Waals surface area contributed by atoms with Gasteiger partial charge in [-0.1, -0.05) is 78.5 Å². The molecule has 0 saturated carbocycles. The van der Waals surface area contributed by atoms with E-state index in [0.717, 1.165) is 5.56 Å². The molecule has 0 heterocycles. The monoisotopic (exact) mass is 316 g/mol. The number of ketones is 1. The summed E-state index contributed by atoms with van der Waals surface area (Å²) in [4.78, 5) is 14.4. The van der Waals surface area contributed by atoms with Crippen LogP contribution in [-0.4, -0.2) is 5.78 Å². The van der Waals surface area contributed by atoms with Crippen LogP contribution in [0.2, 0.25) is 0 Å². The highest BCUT2D eigenvalue weighted by molar-refractivity contribution is 7.99. The Bertz CT molecular complexity index is 790. The minimum Gasteiger partial charge on any atom is -0.289 e. The lowest BCUT2D eigenvalue weighted by molar-refractivity contribution is 0.104. The Labute approximate surface area is 140 Å². The van der Waals surface area contributed by atoms with Crippen LogP contribution in [0.4, 0.5) is 0 Å². The lowest BCUT2D eigenvalue weighted by Crippen LogP contribution is -1.92. The molecule has 0 atom stereocenters. The molecule has 0 N–H and O–H groups in total. The van der Waals surface area contributed by atoms with Gasteiger partial charge >= 0.3 is 0 Å². The Balaban J connectivity index is 1.65. The van der Waals surface area contributed by atoms with Gasteiger partial charge in [0.1, 0.15) is 0 Å². The lowest BCUT2D eigenvalue weighted by Gasteiger charge is -2.02. The first-order valence-electron chi connectivity index (χ1n) is 7.42. The van der Waals surface area contributed by atoms with Gasteiger partial charge in [-0.25, -0.2) is 0 Å². The van der Waals surface area contributed by atoms with E-state index in [9.17, 15) is 4.79 Å². The first kappa shape index (κ1) is 15.3. The standard InChI is InChI=1S/C21H16OS/c22-21(18-7-3-1-4-8-18)16-13-17-11-14-20(15-12-17)23-19-9-5-2-6-10-19/h1-16H. The second-order valence-electron chi connectivity index (χ2n) is 5.05. The zero-order valence-electron chi connectivity index (χ0n) is 12.6. The first-order chi connectivity index (χ1) is 11.3. The van der Waals surface area contributed by atoms with E-state index >= 15 is 0 Å². The second kappa shape index (κ2) is 7.61. The summed E-state index contributed by atoms with van der Waals surface area (Å²) < 4.78 is 0. The van der Waals surface area contributed by atoms with Crippen molar-refractivity contribution < 1.29 is 4.79 Å². The molecule has 0 aliphatic rings. The van der Waals surface area contributed by atoms with E-state index in [1.165, 1.54) is 9.79 Å². The fourth-order valence-corrected chi connectivity index (χ4v) is 2.98. The van der Waals surface area contributed by atoms with Crippen LogP contribution in [0.25, 0.3) is 6.08 Å². The van der Waals surface area contributed by atoms with Crippen LogP contribution in [-0.2, 0) is 0 Å². The maximum Gasteiger partial charge on any atom is 0.185 e. The van der Waals surface area contributed by atoms with E-state index in [1.54, 1.807) is 17.8 Å². The van der Waals surface area contributed by atoms with Gasteiger partial charge in [0, 0.05) is 15.4 Å². The summed E-state index contributed by atoms with van der Waals surface area (Å²) in [6.07, 6.45) is 3.47. The molecule has 3 aromatic carbocycles. The molecule has 0 spiro atoms. The highest BCUT2D eigenvalue weighted by atomic mass is 32.2. The molecule has 0 aliphatic carbocycles. The molecule has 0 saturated heterocycles. The summed E-state index contributed by atoms with van der Waals surface area (Å²) in [7, 11) is 0. The molecule has 0 aromatic heterocycles. The third-order valence-corrected chi connectivity index (χ3v) is 4.36. The minimum absolute atomic E-state index is 0.0216. The number of rotatable bonds is 5. The average Bonchev–Trinajstić information content (AvgIpc) is 2.62. The van der Waals surface area contributed by atoms with Crippen LogP contribution in [0.15, 0.2) is 101 Å². The van der Waals surface area contributed by atoms with Crippen LogP contribution in [0.3, 0.4) is 0 Å². The van der Waals surface area contributed by atoms with Gasteiger partial charge < -0.3 is 0 Å². The van der Waals surface area contributed by atoms with Gasteiger partial charge in [-0.05, 0) is 35.9 Å². The molecule has 0 bridgehead atoms. The van der Waals surface area contributed by atoms with Crippen molar-refractivity contribution in [3.8, 4) is 0 Å². The van der Waals surface area contributed by atoms with Crippen molar-refractivity contribution in [2.45, 2.75) is 9.79 Å². The van der Waals surface area contributed by atoms with E-state index in [4.69, 9.17) is 0 Å². The van der Waals surface area contributed by atoms with Crippen molar-refractivity contribution in [3.63, 3.8) is 0 Å². The Morgan fingerprint density at radius 1 is 0.696 bits per heavy atom. The number of hydrogen-bond acceptors (Lipinski definition) is 2. The summed E-state index contributed by atoms with van der Waals surface area (Å²) >= 11 is 1.73. The number of benzene rings is 3. The summed E-state index contributed by atoms with van der Waals surface area (Å²) in [5.41, 5.74) is 1.73. The Hall–Kier alpha value is -2.58. The molecule has 0 aliphatic heterocycles. The predicted octanol–water partition coefficient (Wildman–Crippen LogP) is 5.73. The van der Waals surface area contributed by atoms with Crippen molar-refractivity contribution >= 4 is 23.6 Å². The summed E-state index contributed by atoms with van der Waals surface area (Å²) in [6.45, 7) is 0. The SMILES string of the molecule is O=C(C=Cc1ccc(Sc2ccccc2)cc1)c1ccccc1. The average molecular weight is 316 g/mol. The van der Waals surface area contributed by atoms with Crippen LogP contribution >= 0.6 is 11.8 Å². The maximum atomic E-state index is 12.0. The quantitative estimate of drug-likeness (QED) is 0.441. The Morgan fingerprint density at radius 2 is 1.26 bits per heavy atom. The number of hydrogen-bond donors (Lipinski definition) is 0. The van der Waals surface area contributed by atoms with E-state index in [2.05, 4.69) is 24.3 Å². The maximum absolute atomic E-state index is 12.0. The largest absolute Gasteiger partial charge is 0.289 e. The van der Waals surface area contributed by atoms with Gasteiger partial charge in [0.25, 0.3) is 0 Å². The van der Waals surface area contributed by atoms with E-state index in [-0.39, 0.29) is 5.78 Å². The molecular formula is C21H16OS. The second-order valence-corrected chi connectivity index (χ2v) is 6.19. The first-order valence-corrected chi connectivity index (χ1v) is 8.23. The zero-order valence-corrected chi connectivity index (χ0v) is 13.4. The highest BCUT2D eigenvalue weighted by Gasteiger charge is 2.00. The molecule has 0 radical (unpaired) electrons. The van der Waals surface area contributed by atoms with Crippen LogP contribution in [0.1, 0.15) is 15.9 Å². The molecule has 3 rings (SSSR count). The van der Waals surface area contributed by atoms with Crippen LogP contribution in [0, 0.1) is 0 Å². The highest BCUT2D eigenvalue weighted by Crippen LogP contribution is 2.27. The molecule has 112 valence electrons. The smallest absolute Gasteiger partial charge is 0.185 e. The van der Waals surface area contributed by atoms with Crippen LogP contribution < -0.4 is 0 Å². The minimum atomic E-state index is 0.0216. The fourth-order valence-electron chi connectivity index (χ4n) is 2.14. The number of carbonyl (C=O) groups is 1. The molecular weight excluding hydrogens is 300 g/mol. The Kier molecular flexibility index (Phi) is 5.07. The molecule has 0 unspecified atom stereocenters. The number of allylic oxidation sites excluding steroid dienone is 1. The summed E-state index contributed by atoms with van der Waals surface area (Å²) in [5, 5.41) is 0. The van der Waals surface area contributed by atoms with E-state index in [0.29, 0.717) is 5.56 Å². The van der Waals surface area contributed by atoms with E-state index in [1.807, 2.05) is 66.7 Å². The molecule has 3 aromatic rings.